The van der Waals surface area contributed by atoms with E-state index in [1.807, 2.05) is 6.07 Å². The second-order valence-electron chi connectivity index (χ2n) is 6.87. The zero-order valence-electron chi connectivity index (χ0n) is 18.6. The maximum Gasteiger partial charge on any atom is 0.336 e. The van der Waals surface area contributed by atoms with Crippen LogP contribution in [0, 0.1) is 11.3 Å². The number of ether oxygens (including phenoxy) is 3. The highest BCUT2D eigenvalue weighted by Gasteiger charge is 2.10. The summed E-state index contributed by atoms with van der Waals surface area (Å²) in [5, 5.41) is 11.9. The summed E-state index contributed by atoms with van der Waals surface area (Å²) >= 11 is 0. The minimum Gasteiger partial charge on any atom is -0.493 e. The Morgan fingerprint density at radius 3 is 2.41 bits per heavy atom. The molecular weight excluding hydrogens is 436 g/mol. The van der Waals surface area contributed by atoms with E-state index in [0.717, 1.165) is 5.56 Å². The Labute approximate surface area is 196 Å². The first-order chi connectivity index (χ1) is 16.5. The first-order valence-corrected chi connectivity index (χ1v) is 10.2. The van der Waals surface area contributed by atoms with Crippen molar-refractivity contribution < 1.29 is 28.2 Å². The molecule has 8 heteroatoms. The first-order valence-electron chi connectivity index (χ1n) is 10.2. The van der Waals surface area contributed by atoms with E-state index in [2.05, 4.69) is 5.32 Å². The fourth-order valence-corrected chi connectivity index (χ4v) is 2.89. The van der Waals surface area contributed by atoms with Gasteiger partial charge in [-0.25, -0.2) is 4.79 Å². The Morgan fingerprint density at radius 2 is 1.76 bits per heavy atom. The summed E-state index contributed by atoms with van der Waals surface area (Å²) in [4.78, 5) is 24.4. The highest BCUT2D eigenvalue weighted by molar-refractivity contribution is 6.01. The highest BCUT2D eigenvalue weighted by atomic mass is 16.5. The molecule has 0 atom stereocenters. The zero-order valence-corrected chi connectivity index (χ0v) is 18.6. The van der Waals surface area contributed by atoms with E-state index in [1.165, 1.54) is 25.5 Å². The van der Waals surface area contributed by atoms with Crippen LogP contribution in [0.15, 0.2) is 76.9 Å². The molecule has 0 aliphatic rings. The number of nitrogens with one attached hydrogen (secondary N) is 1. The molecule has 0 saturated heterocycles. The molecular formula is C26H22N2O6. The van der Waals surface area contributed by atoms with Gasteiger partial charge in [0.2, 0.25) is 0 Å². The van der Waals surface area contributed by atoms with E-state index in [-0.39, 0.29) is 12.1 Å². The van der Waals surface area contributed by atoms with Crippen molar-refractivity contribution in [3.63, 3.8) is 0 Å². The third-order valence-electron chi connectivity index (χ3n) is 4.60. The molecule has 0 aliphatic heterocycles. The van der Waals surface area contributed by atoms with Gasteiger partial charge in [0.15, 0.2) is 11.5 Å². The second kappa shape index (κ2) is 11.7. The number of methoxy groups -OCH3 is 2. The smallest absolute Gasteiger partial charge is 0.336 e. The molecule has 1 aromatic heterocycles. The maximum absolute atomic E-state index is 12.2. The molecule has 3 aromatic rings. The van der Waals surface area contributed by atoms with Gasteiger partial charge in [-0.1, -0.05) is 18.2 Å². The summed E-state index contributed by atoms with van der Waals surface area (Å²) in [6.45, 7) is 0.177. The average molecular weight is 458 g/mol. The molecule has 1 amide bonds. The summed E-state index contributed by atoms with van der Waals surface area (Å²) in [5.41, 5.74) is 1.28. The van der Waals surface area contributed by atoms with Crippen LogP contribution in [0.4, 0.5) is 0 Å². The molecule has 1 heterocycles. The van der Waals surface area contributed by atoms with Crippen molar-refractivity contribution in [1.82, 2.24) is 5.32 Å². The Bertz CT molecular complexity index is 1240. The molecule has 0 unspecified atom stereocenters. The largest absolute Gasteiger partial charge is 0.493 e. The summed E-state index contributed by atoms with van der Waals surface area (Å²) in [6.07, 6.45) is 5.84. The fraction of sp³-hybridized carbons (Fsp3) is 0.115. The van der Waals surface area contributed by atoms with Crippen LogP contribution in [-0.4, -0.2) is 26.1 Å². The lowest BCUT2D eigenvalue weighted by Crippen LogP contribution is -2.23. The van der Waals surface area contributed by atoms with E-state index in [4.69, 9.17) is 18.6 Å². The van der Waals surface area contributed by atoms with Crippen LogP contribution in [-0.2, 0) is 16.1 Å². The summed E-state index contributed by atoms with van der Waals surface area (Å²) < 4.78 is 20.9. The van der Waals surface area contributed by atoms with Gasteiger partial charge < -0.3 is 23.9 Å². The lowest BCUT2D eigenvalue weighted by Gasteiger charge is -2.07. The van der Waals surface area contributed by atoms with Gasteiger partial charge in [-0.15, -0.1) is 0 Å². The van der Waals surface area contributed by atoms with Gasteiger partial charge in [-0.05, 0) is 59.7 Å². The third-order valence-corrected chi connectivity index (χ3v) is 4.60. The molecule has 0 bridgehead atoms. The maximum atomic E-state index is 12.2. The van der Waals surface area contributed by atoms with Crippen molar-refractivity contribution in [3.8, 4) is 23.3 Å². The third kappa shape index (κ3) is 6.61. The topological polar surface area (TPSA) is 111 Å². The predicted octanol–water partition coefficient (Wildman–Crippen LogP) is 4.14. The van der Waals surface area contributed by atoms with Crippen LogP contribution in [0.25, 0.3) is 12.2 Å². The summed E-state index contributed by atoms with van der Waals surface area (Å²) in [6, 6.07) is 17.0. The number of hydrogen-bond acceptors (Lipinski definition) is 7. The van der Waals surface area contributed by atoms with Gasteiger partial charge >= 0.3 is 5.97 Å². The van der Waals surface area contributed by atoms with Gasteiger partial charge in [-0.2, -0.15) is 5.26 Å². The number of rotatable bonds is 9. The molecule has 3 rings (SSSR count). The Kier molecular flexibility index (Phi) is 8.25. The molecule has 1 N–H and O–H groups in total. The van der Waals surface area contributed by atoms with Crippen LogP contribution in [0.5, 0.6) is 17.2 Å². The molecule has 0 radical (unpaired) electrons. The molecule has 0 aliphatic carbocycles. The molecule has 8 nitrogen and oxygen atoms in total. The molecule has 0 spiro atoms. The first kappa shape index (κ1) is 23.9. The monoisotopic (exact) mass is 458 g/mol. The lowest BCUT2D eigenvalue weighted by molar-refractivity contribution is -0.128. The van der Waals surface area contributed by atoms with E-state index < -0.39 is 11.9 Å². The van der Waals surface area contributed by atoms with Crippen molar-refractivity contribution in [2.45, 2.75) is 6.54 Å². The quantitative estimate of drug-likeness (QED) is 0.222. The molecule has 172 valence electrons. The summed E-state index contributed by atoms with van der Waals surface area (Å²) in [7, 11) is 3.08. The summed E-state index contributed by atoms with van der Waals surface area (Å²) in [5.74, 6) is 0.957. The van der Waals surface area contributed by atoms with Gasteiger partial charge in [-0.3, -0.25) is 4.79 Å². The molecule has 0 saturated carbocycles. The van der Waals surface area contributed by atoms with Gasteiger partial charge in [0.05, 0.1) is 27.0 Å². The minimum absolute atomic E-state index is 0.0610. The molecule has 34 heavy (non-hydrogen) atoms. The van der Waals surface area contributed by atoms with Gasteiger partial charge in [0.25, 0.3) is 5.91 Å². The van der Waals surface area contributed by atoms with Crippen molar-refractivity contribution >= 4 is 24.0 Å². The fourth-order valence-electron chi connectivity index (χ4n) is 2.89. The van der Waals surface area contributed by atoms with Crippen molar-refractivity contribution in [3.05, 3.63) is 89.4 Å². The van der Waals surface area contributed by atoms with E-state index in [0.29, 0.717) is 28.6 Å². The SMILES string of the molecule is COc1ccc(/C=C/C(=O)Oc2ccc(/C=C(\C#N)C(=O)NCc3ccco3)cc2)cc1OC. The van der Waals surface area contributed by atoms with Crippen LogP contribution >= 0.6 is 0 Å². The minimum atomic E-state index is -0.562. The number of hydrogen-bond donors (Lipinski definition) is 1. The normalized spacial score (nSPS) is 11.0. The second-order valence-corrected chi connectivity index (χ2v) is 6.87. The van der Waals surface area contributed by atoms with E-state index in [9.17, 15) is 14.9 Å². The van der Waals surface area contributed by atoms with Crippen LogP contribution < -0.4 is 19.5 Å². The Balaban J connectivity index is 1.59. The van der Waals surface area contributed by atoms with Crippen molar-refractivity contribution in [2.75, 3.05) is 14.2 Å². The number of amides is 1. The van der Waals surface area contributed by atoms with E-state index >= 15 is 0 Å². The van der Waals surface area contributed by atoms with Crippen molar-refractivity contribution in [1.29, 1.82) is 5.26 Å². The number of nitrogens with zero attached hydrogens (tertiary/aromatic N) is 1. The number of furan rings is 1. The number of carbonyl (C=O) groups is 2. The Hall–Kier alpha value is -4.77. The van der Waals surface area contributed by atoms with Crippen LogP contribution in [0.2, 0.25) is 0 Å². The average Bonchev–Trinajstić information content (AvgIpc) is 3.39. The number of nitriles is 1. The van der Waals surface area contributed by atoms with Gasteiger partial charge in [0, 0.05) is 6.08 Å². The number of benzene rings is 2. The Morgan fingerprint density at radius 1 is 1.03 bits per heavy atom. The zero-order chi connectivity index (χ0) is 24.3. The van der Waals surface area contributed by atoms with Crippen LogP contribution in [0.1, 0.15) is 16.9 Å². The molecule has 0 fully saturated rings. The predicted molar refractivity (Wildman–Crippen MR) is 125 cm³/mol. The number of carbonyl (C=O) groups excluding carboxylic acids is 2. The number of esters is 1. The van der Waals surface area contributed by atoms with Gasteiger partial charge in [0.1, 0.15) is 23.2 Å². The van der Waals surface area contributed by atoms with Crippen LogP contribution in [0.3, 0.4) is 0 Å². The lowest BCUT2D eigenvalue weighted by atomic mass is 10.1. The van der Waals surface area contributed by atoms with Crippen molar-refractivity contribution in [2.24, 2.45) is 0 Å². The molecule has 2 aromatic carbocycles. The highest BCUT2D eigenvalue weighted by Crippen LogP contribution is 2.28. The van der Waals surface area contributed by atoms with E-state index in [1.54, 1.807) is 67.8 Å². The standard InChI is InChI=1S/C26H22N2O6/c1-31-23-11-7-19(15-24(23)32-2)8-12-25(29)34-21-9-5-18(6-10-21)14-20(16-27)26(30)28-17-22-4-3-13-33-22/h3-15H,17H2,1-2H3,(H,28,30)/b12-8+,20-14+.